The van der Waals surface area contributed by atoms with Gasteiger partial charge in [-0.1, -0.05) is 0 Å². The molecule has 2 aliphatic rings. The number of nitrogens with zero attached hydrogens (tertiary/aromatic N) is 2. The van der Waals surface area contributed by atoms with Crippen LogP contribution < -0.4 is 5.32 Å². The van der Waals surface area contributed by atoms with Gasteiger partial charge in [0.15, 0.2) is 0 Å². The van der Waals surface area contributed by atoms with Crippen molar-refractivity contribution in [1.29, 1.82) is 0 Å². The summed E-state index contributed by atoms with van der Waals surface area (Å²) in [5.41, 5.74) is 1.13. The number of nitrogens with one attached hydrogen (secondary N) is 1. The molecule has 3 heterocycles. The number of amides is 1. The first kappa shape index (κ1) is 13.5. The second-order valence-electron chi connectivity index (χ2n) is 5.77. The van der Waals surface area contributed by atoms with Crippen LogP contribution in [0, 0.1) is 0 Å². The normalized spacial score (nSPS) is 26.4. The lowest BCUT2D eigenvalue weighted by molar-refractivity contribution is -0.159. The number of ether oxygens (including phenoxy) is 1. The van der Waals surface area contributed by atoms with Gasteiger partial charge in [-0.3, -0.25) is 14.7 Å². The van der Waals surface area contributed by atoms with Gasteiger partial charge in [0.2, 0.25) is 5.91 Å². The first-order valence-corrected chi connectivity index (χ1v) is 7.22. The number of morpholine rings is 1. The molecule has 1 aromatic heterocycles. The summed E-state index contributed by atoms with van der Waals surface area (Å²) in [6, 6.07) is 4.22. The highest BCUT2D eigenvalue weighted by Crippen LogP contribution is 2.32. The third kappa shape index (κ3) is 2.69. The Morgan fingerprint density at radius 3 is 2.75 bits per heavy atom. The van der Waals surface area contributed by atoms with E-state index in [1.54, 1.807) is 0 Å². The molecular formula is C15H21N3O2. The van der Waals surface area contributed by atoms with Crippen LogP contribution in [-0.4, -0.2) is 47.1 Å². The molecule has 2 saturated heterocycles. The summed E-state index contributed by atoms with van der Waals surface area (Å²) in [5, 5.41) is 3.01. The average molecular weight is 275 g/mol. The fraction of sp³-hybridized carbons (Fsp3) is 0.600. The van der Waals surface area contributed by atoms with Crippen LogP contribution in [0.3, 0.4) is 0 Å². The predicted octanol–water partition coefficient (Wildman–Crippen LogP) is 0.951. The fourth-order valence-corrected chi connectivity index (χ4v) is 3.16. The first-order chi connectivity index (χ1) is 9.68. The van der Waals surface area contributed by atoms with Gasteiger partial charge in [0.05, 0.1) is 11.6 Å². The molecule has 0 unspecified atom stereocenters. The van der Waals surface area contributed by atoms with Crippen molar-refractivity contribution in [3.05, 3.63) is 30.1 Å². The molecule has 0 radical (unpaired) electrons. The summed E-state index contributed by atoms with van der Waals surface area (Å²) >= 11 is 0. The van der Waals surface area contributed by atoms with E-state index in [0.29, 0.717) is 0 Å². The van der Waals surface area contributed by atoms with Crippen LogP contribution in [0.2, 0.25) is 0 Å². The van der Waals surface area contributed by atoms with Crippen molar-refractivity contribution in [2.75, 3.05) is 19.7 Å². The molecule has 1 spiro atoms. The van der Waals surface area contributed by atoms with Crippen LogP contribution in [0.5, 0.6) is 0 Å². The smallest absolute Gasteiger partial charge is 0.246 e. The van der Waals surface area contributed by atoms with E-state index >= 15 is 0 Å². The molecule has 3 rings (SSSR count). The van der Waals surface area contributed by atoms with Crippen LogP contribution in [0.4, 0.5) is 0 Å². The first-order valence-electron chi connectivity index (χ1n) is 7.22. The number of pyridine rings is 1. The second kappa shape index (κ2) is 5.50. The molecule has 1 N–H and O–H groups in total. The Hall–Kier alpha value is -1.46. The number of hydrogen-bond acceptors (Lipinski definition) is 4. The molecule has 1 atom stereocenters. The second-order valence-corrected chi connectivity index (χ2v) is 5.77. The van der Waals surface area contributed by atoms with Crippen molar-refractivity contribution in [2.24, 2.45) is 0 Å². The maximum Gasteiger partial charge on any atom is 0.246 e. The molecule has 0 bridgehead atoms. The SMILES string of the molecule is C[C@@H]1NC(=O)COC12CCN(Cc1ccncc1)CC2. The van der Waals surface area contributed by atoms with Gasteiger partial charge in [-0.25, -0.2) is 0 Å². The minimum atomic E-state index is -0.164. The summed E-state index contributed by atoms with van der Waals surface area (Å²) in [5.74, 6) is 0.00217. The molecule has 2 fully saturated rings. The van der Waals surface area contributed by atoms with E-state index in [1.165, 1.54) is 5.56 Å². The van der Waals surface area contributed by atoms with Crippen LogP contribution in [0.1, 0.15) is 25.3 Å². The van der Waals surface area contributed by atoms with Crippen LogP contribution in [0.25, 0.3) is 0 Å². The number of hydrogen-bond donors (Lipinski definition) is 1. The molecule has 5 heteroatoms. The molecule has 0 aromatic carbocycles. The summed E-state index contributed by atoms with van der Waals surface area (Å²) in [6.07, 6.45) is 5.62. The average Bonchev–Trinajstić information content (AvgIpc) is 2.47. The number of rotatable bonds is 2. The number of likely N-dealkylation sites (tertiary alicyclic amines) is 1. The quantitative estimate of drug-likeness (QED) is 0.873. The zero-order valence-electron chi connectivity index (χ0n) is 11.8. The van der Waals surface area contributed by atoms with Gasteiger partial charge in [-0.15, -0.1) is 0 Å². The molecule has 2 aliphatic heterocycles. The van der Waals surface area contributed by atoms with Crippen LogP contribution >= 0.6 is 0 Å². The van der Waals surface area contributed by atoms with Gasteiger partial charge >= 0.3 is 0 Å². The number of carbonyl (C=O) groups is 1. The van der Waals surface area contributed by atoms with E-state index in [9.17, 15) is 4.79 Å². The van der Waals surface area contributed by atoms with E-state index in [0.717, 1.165) is 32.5 Å². The highest BCUT2D eigenvalue weighted by molar-refractivity contribution is 5.78. The Morgan fingerprint density at radius 1 is 1.40 bits per heavy atom. The van der Waals surface area contributed by atoms with Gasteiger partial charge in [0.1, 0.15) is 6.61 Å². The number of carbonyl (C=O) groups excluding carboxylic acids is 1. The Kier molecular flexibility index (Phi) is 3.72. The van der Waals surface area contributed by atoms with Crippen molar-refractivity contribution in [1.82, 2.24) is 15.2 Å². The summed E-state index contributed by atoms with van der Waals surface area (Å²) in [6.45, 7) is 5.22. The predicted molar refractivity (Wildman–Crippen MR) is 75.0 cm³/mol. The van der Waals surface area contributed by atoms with Crippen molar-refractivity contribution in [2.45, 2.75) is 38.0 Å². The topological polar surface area (TPSA) is 54.5 Å². The minimum absolute atomic E-state index is 0.00217. The summed E-state index contributed by atoms with van der Waals surface area (Å²) < 4.78 is 5.88. The lowest BCUT2D eigenvalue weighted by atomic mass is 9.83. The zero-order valence-corrected chi connectivity index (χ0v) is 11.8. The Bertz CT molecular complexity index is 469. The Balaban J connectivity index is 1.58. The van der Waals surface area contributed by atoms with Crippen molar-refractivity contribution in [3.8, 4) is 0 Å². The van der Waals surface area contributed by atoms with Gasteiger partial charge in [-0.05, 0) is 37.5 Å². The van der Waals surface area contributed by atoms with Gasteiger partial charge in [0, 0.05) is 32.0 Å². The Morgan fingerprint density at radius 2 is 2.10 bits per heavy atom. The van der Waals surface area contributed by atoms with Gasteiger partial charge in [-0.2, -0.15) is 0 Å². The molecule has 108 valence electrons. The fourth-order valence-electron chi connectivity index (χ4n) is 3.16. The zero-order chi connectivity index (χ0) is 14.0. The van der Waals surface area contributed by atoms with E-state index in [2.05, 4.69) is 34.3 Å². The standard InChI is InChI=1S/C15H21N3O2/c1-12-15(20-11-14(19)17-12)4-8-18(9-5-15)10-13-2-6-16-7-3-13/h2-3,6-7,12H,4-5,8-11H2,1H3,(H,17,19)/t12-/m0/s1. The third-order valence-corrected chi connectivity index (χ3v) is 4.52. The third-order valence-electron chi connectivity index (χ3n) is 4.52. The van der Waals surface area contributed by atoms with Crippen molar-refractivity contribution >= 4 is 5.91 Å². The van der Waals surface area contributed by atoms with E-state index in [1.807, 2.05) is 12.4 Å². The van der Waals surface area contributed by atoms with Gasteiger partial charge in [0.25, 0.3) is 0 Å². The lowest BCUT2D eigenvalue weighted by Gasteiger charge is -2.47. The monoisotopic (exact) mass is 275 g/mol. The Labute approximate surface area is 119 Å². The summed E-state index contributed by atoms with van der Waals surface area (Å²) in [7, 11) is 0. The molecule has 1 amide bonds. The van der Waals surface area contributed by atoms with Crippen molar-refractivity contribution in [3.63, 3.8) is 0 Å². The molecule has 20 heavy (non-hydrogen) atoms. The number of aromatic nitrogens is 1. The lowest BCUT2D eigenvalue weighted by Crippen LogP contribution is -2.62. The maximum atomic E-state index is 11.4. The molecule has 5 nitrogen and oxygen atoms in total. The van der Waals surface area contributed by atoms with Crippen LogP contribution in [0.15, 0.2) is 24.5 Å². The van der Waals surface area contributed by atoms with Crippen LogP contribution in [-0.2, 0) is 16.1 Å². The van der Waals surface area contributed by atoms with E-state index in [-0.39, 0.29) is 24.2 Å². The molecule has 0 aliphatic carbocycles. The van der Waals surface area contributed by atoms with Gasteiger partial charge < -0.3 is 10.1 Å². The molecular weight excluding hydrogens is 254 g/mol. The van der Waals surface area contributed by atoms with Crippen molar-refractivity contribution < 1.29 is 9.53 Å². The minimum Gasteiger partial charge on any atom is -0.363 e. The highest BCUT2D eigenvalue weighted by atomic mass is 16.5. The number of piperidine rings is 1. The maximum absolute atomic E-state index is 11.4. The highest BCUT2D eigenvalue weighted by Gasteiger charge is 2.44. The molecule has 1 aromatic rings. The van der Waals surface area contributed by atoms with E-state index < -0.39 is 0 Å². The molecule has 0 saturated carbocycles. The summed E-state index contributed by atoms with van der Waals surface area (Å²) in [4.78, 5) is 17.8. The van der Waals surface area contributed by atoms with E-state index in [4.69, 9.17) is 4.74 Å². The largest absolute Gasteiger partial charge is 0.363 e.